The van der Waals surface area contributed by atoms with Gasteiger partial charge in [0, 0.05) is 10.5 Å². The zero-order chi connectivity index (χ0) is 13.9. The Hall–Kier alpha value is -1.26. The SMILES string of the molecule is Cc1ccc(Br)cc1OCc1ccc(CNC2CC2)o1. The van der Waals surface area contributed by atoms with Gasteiger partial charge in [-0.3, -0.25) is 0 Å². The van der Waals surface area contributed by atoms with Crippen molar-refractivity contribution in [3.05, 3.63) is 51.9 Å². The third-order valence-electron chi connectivity index (χ3n) is 3.38. The Balaban J connectivity index is 1.55. The second-order valence-corrected chi connectivity index (χ2v) is 6.14. The molecule has 20 heavy (non-hydrogen) atoms. The Labute approximate surface area is 127 Å². The quantitative estimate of drug-likeness (QED) is 0.859. The van der Waals surface area contributed by atoms with Crippen LogP contribution >= 0.6 is 15.9 Å². The summed E-state index contributed by atoms with van der Waals surface area (Å²) >= 11 is 3.45. The molecule has 0 spiro atoms. The lowest BCUT2D eigenvalue weighted by Crippen LogP contribution is -2.14. The number of furan rings is 1. The van der Waals surface area contributed by atoms with Crippen molar-refractivity contribution in [3.63, 3.8) is 0 Å². The van der Waals surface area contributed by atoms with Crippen LogP contribution in [-0.2, 0) is 13.2 Å². The molecule has 3 nitrogen and oxygen atoms in total. The van der Waals surface area contributed by atoms with Gasteiger partial charge in [0.2, 0.25) is 0 Å². The summed E-state index contributed by atoms with van der Waals surface area (Å²) in [6, 6.07) is 10.7. The fourth-order valence-electron chi connectivity index (χ4n) is 2.01. The van der Waals surface area contributed by atoms with E-state index in [2.05, 4.69) is 21.2 Å². The van der Waals surface area contributed by atoms with E-state index in [1.54, 1.807) is 0 Å². The highest BCUT2D eigenvalue weighted by Gasteiger charge is 2.20. The van der Waals surface area contributed by atoms with Crippen molar-refractivity contribution in [2.24, 2.45) is 0 Å². The summed E-state index contributed by atoms with van der Waals surface area (Å²) in [5.74, 6) is 2.71. The average Bonchev–Trinajstić information content (AvgIpc) is 3.16. The van der Waals surface area contributed by atoms with Gasteiger partial charge < -0.3 is 14.5 Å². The summed E-state index contributed by atoms with van der Waals surface area (Å²) in [5, 5.41) is 3.44. The van der Waals surface area contributed by atoms with Crippen molar-refractivity contribution in [2.45, 2.75) is 39.0 Å². The van der Waals surface area contributed by atoms with Crippen LogP contribution in [0, 0.1) is 6.92 Å². The van der Waals surface area contributed by atoms with Gasteiger partial charge >= 0.3 is 0 Å². The smallest absolute Gasteiger partial charge is 0.146 e. The molecule has 1 aromatic heterocycles. The number of hydrogen-bond acceptors (Lipinski definition) is 3. The van der Waals surface area contributed by atoms with Crippen LogP contribution in [0.1, 0.15) is 29.9 Å². The van der Waals surface area contributed by atoms with E-state index in [0.717, 1.165) is 33.9 Å². The van der Waals surface area contributed by atoms with Crippen LogP contribution in [0.15, 0.2) is 39.2 Å². The van der Waals surface area contributed by atoms with Gasteiger partial charge in [0.1, 0.15) is 23.9 Å². The van der Waals surface area contributed by atoms with Crippen LogP contribution in [0.25, 0.3) is 0 Å². The van der Waals surface area contributed by atoms with Crippen molar-refractivity contribution in [1.82, 2.24) is 5.32 Å². The first kappa shape index (κ1) is 13.7. The van der Waals surface area contributed by atoms with Crippen LogP contribution in [0.5, 0.6) is 5.75 Å². The molecule has 0 unspecified atom stereocenters. The predicted molar refractivity (Wildman–Crippen MR) is 81.8 cm³/mol. The number of benzene rings is 1. The molecule has 1 aromatic carbocycles. The summed E-state index contributed by atoms with van der Waals surface area (Å²) in [7, 11) is 0. The van der Waals surface area contributed by atoms with Gasteiger partial charge in [0.25, 0.3) is 0 Å². The minimum atomic E-state index is 0.459. The molecule has 1 saturated carbocycles. The number of halogens is 1. The van der Waals surface area contributed by atoms with Crippen molar-refractivity contribution in [1.29, 1.82) is 0 Å². The molecule has 3 rings (SSSR count). The molecule has 0 radical (unpaired) electrons. The van der Waals surface area contributed by atoms with Gasteiger partial charge in [-0.25, -0.2) is 0 Å². The fraction of sp³-hybridized carbons (Fsp3) is 0.375. The van der Waals surface area contributed by atoms with Crippen LogP contribution in [0.4, 0.5) is 0 Å². The van der Waals surface area contributed by atoms with Crippen LogP contribution < -0.4 is 10.1 Å². The Morgan fingerprint density at radius 2 is 2.05 bits per heavy atom. The van der Waals surface area contributed by atoms with E-state index in [1.165, 1.54) is 12.8 Å². The number of aryl methyl sites for hydroxylation is 1. The van der Waals surface area contributed by atoms with Crippen LogP contribution in [0.3, 0.4) is 0 Å². The maximum absolute atomic E-state index is 5.81. The molecule has 106 valence electrons. The maximum Gasteiger partial charge on any atom is 0.146 e. The summed E-state index contributed by atoms with van der Waals surface area (Å²) in [4.78, 5) is 0. The summed E-state index contributed by atoms with van der Waals surface area (Å²) in [5.41, 5.74) is 1.12. The van der Waals surface area contributed by atoms with Crippen molar-refractivity contribution in [2.75, 3.05) is 0 Å². The third-order valence-corrected chi connectivity index (χ3v) is 3.87. The van der Waals surface area contributed by atoms with E-state index in [1.807, 2.05) is 37.3 Å². The molecule has 1 aliphatic rings. The lowest BCUT2D eigenvalue weighted by molar-refractivity contribution is 0.263. The molecule has 0 atom stereocenters. The first-order valence-corrected chi connectivity index (χ1v) is 7.70. The molecule has 1 N–H and O–H groups in total. The monoisotopic (exact) mass is 335 g/mol. The first-order chi connectivity index (χ1) is 9.70. The molecular formula is C16H18BrNO2. The summed E-state index contributed by atoms with van der Waals surface area (Å²) in [6.45, 7) is 3.30. The van der Waals surface area contributed by atoms with E-state index >= 15 is 0 Å². The van der Waals surface area contributed by atoms with Gasteiger partial charge in [-0.15, -0.1) is 0 Å². The molecule has 4 heteroatoms. The Morgan fingerprint density at radius 3 is 2.85 bits per heavy atom. The minimum Gasteiger partial charge on any atom is -0.485 e. The number of nitrogens with one attached hydrogen (secondary N) is 1. The number of ether oxygens (including phenoxy) is 1. The van der Waals surface area contributed by atoms with E-state index in [4.69, 9.17) is 9.15 Å². The van der Waals surface area contributed by atoms with Crippen molar-refractivity contribution in [3.8, 4) is 5.75 Å². The zero-order valence-electron chi connectivity index (χ0n) is 11.5. The lowest BCUT2D eigenvalue weighted by Gasteiger charge is -2.08. The highest BCUT2D eigenvalue weighted by atomic mass is 79.9. The zero-order valence-corrected chi connectivity index (χ0v) is 13.1. The largest absolute Gasteiger partial charge is 0.485 e. The van der Waals surface area contributed by atoms with Gasteiger partial charge in [0.05, 0.1) is 6.54 Å². The molecule has 0 aliphatic heterocycles. The molecule has 2 aromatic rings. The molecule has 1 aliphatic carbocycles. The Morgan fingerprint density at radius 1 is 1.25 bits per heavy atom. The molecule has 0 saturated heterocycles. The Kier molecular flexibility index (Phi) is 4.13. The topological polar surface area (TPSA) is 34.4 Å². The molecule has 1 heterocycles. The highest BCUT2D eigenvalue weighted by molar-refractivity contribution is 9.10. The second-order valence-electron chi connectivity index (χ2n) is 5.22. The summed E-state index contributed by atoms with van der Waals surface area (Å²) in [6.07, 6.45) is 2.58. The fourth-order valence-corrected chi connectivity index (χ4v) is 2.35. The van der Waals surface area contributed by atoms with Crippen LogP contribution in [-0.4, -0.2) is 6.04 Å². The number of rotatable bonds is 6. The van der Waals surface area contributed by atoms with Crippen molar-refractivity contribution < 1.29 is 9.15 Å². The molecule has 0 bridgehead atoms. The standard InChI is InChI=1S/C16H18BrNO2/c1-11-2-3-12(17)8-16(11)19-10-15-7-6-14(20-15)9-18-13-4-5-13/h2-3,6-8,13,18H,4-5,9-10H2,1H3. The van der Waals surface area contributed by atoms with Gasteiger partial charge in [0.15, 0.2) is 0 Å². The normalized spacial score (nSPS) is 14.5. The first-order valence-electron chi connectivity index (χ1n) is 6.90. The maximum atomic E-state index is 5.81. The third kappa shape index (κ3) is 3.64. The summed E-state index contributed by atoms with van der Waals surface area (Å²) < 4.78 is 12.6. The average molecular weight is 336 g/mol. The predicted octanol–water partition coefficient (Wildman–Crippen LogP) is 4.18. The highest BCUT2D eigenvalue weighted by Crippen LogP contribution is 2.24. The van der Waals surface area contributed by atoms with E-state index in [0.29, 0.717) is 12.6 Å². The van der Waals surface area contributed by atoms with E-state index in [-0.39, 0.29) is 0 Å². The molecular weight excluding hydrogens is 318 g/mol. The van der Waals surface area contributed by atoms with Gasteiger partial charge in [-0.05, 0) is 49.6 Å². The molecule has 0 amide bonds. The van der Waals surface area contributed by atoms with E-state index in [9.17, 15) is 0 Å². The molecule has 1 fully saturated rings. The van der Waals surface area contributed by atoms with Crippen LogP contribution in [0.2, 0.25) is 0 Å². The Bertz CT molecular complexity index is 590. The van der Waals surface area contributed by atoms with Crippen molar-refractivity contribution >= 4 is 15.9 Å². The lowest BCUT2D eigenvalue weighted by atomic mass is 10.2. The van der Waals surface area contributed by atoms with Gasteiger partial charge in [-0.1, -0.05) is 22.0 Å². The minimum absolute atomic E-state index is 0.459. The number of hydrogen-bond donors (Lipinski definition) is 1. The van der Waals surface area contributed by atoms with E-state index < -0.39 is 0 Å². The second kappa shape index (κ2) is 6.02. The van der Waals surface area contributed by atoms with Gasteiger partial charge in [-0.2, -0.15) is 0 Å².